The number of nitrogens with one attached hydrogen (secondary N) is 1. The number of benzene rings is 3. The highest BCUT2D eigenvalue weighted by atomic mass is 79.9. The van der Waals surface area contributed by atoms with Crippen LogP contribution in [-0.2, 0) is 4.79 Å². The molecule has 0 saturated carbocycles. The lowest BCUT2D eigenvalue weighted by Gasteiger charge is -2.22. The number of halogens is 1. The summed E-state index contributed by atoms with van der Waals surface area (Å²) in [6.07, 6.45) is 2.11. The van der Waals surface area contributed by atoms with Crippen LogP contribution < -0.4 is 5.56 Å². The van der Waals surface area contributed by atoms with Crippen molar-refractivity contribution in [1.29, 1.82) is 0 Å². The largest absolute Gasteiger partial charge is 0.301 e. The highest BCUT2D eigenvalue weighted by Gasteiger charge is 2.33. The van der Waals surface area contributed by atoms with Crippen LogP contribution in [0, 0.1) is 6.92 Å². The smallest absolute Gasteiger partial charge is 0.262 e. The Labute approximate surface area is 236 Å². The van der Waals surface area contributed by atoms with Crippen LogP contribution in [-0.4, -0.2) is 42.1 Å². The monoisotopic (exact) mass is 598 g/mol. The number of fused-ring (bicyclic) bond motifs is 1. The molecule has 8 nitrogen and oxygen atoms in total. The first-order chi connectivity index (χ1) is 19.0. The lowest BCUT2D eigenvalue weighted by molar-refractivity contribution is -0.130. The summed E-state index contributed by atoms with van der Waals surface area (Å²) in [5, 5.41) is 11.4. The molecule has 1 atom stereocenters. The van der Waals surface area contributed by atoms with Gasteiger partial charge in [0.2, 0.25) is 0 Å². The van der Waals surface area contributed by atoms with Gasteiger partial charge >= 0.3 is 0 Å². The maximum atomic E-state index is 13.5. The van der Waals surface area contributed by atoms with E-state index in [4.69, 9.17) is 5.10 Å². The van der Waals surface area contributed by atoms with Crippen molar-refractivity contribution in [2.24, 2.45) is 5.10 Å². The first kappa shape index (κ1) is 25.3. The number of hydrogen-bond donors (Lipinski definition) is 1. The molecule has 0 bridgehead atoms. The number of carbonyl (C=O) groups excluding carboxylic acids is 1. The summed E-state index contributed by atoms with van der Waals surface area (Å²) in [5.74, 6) is -0.107. The molecule has 6 rings (SSSR count). The maximum absolute atomic E-state index is 13.5. The van der Waals surface area contributed by atoms with Crippen LogP contribution in [0.2, 0.25) is 0 Å². The van der Waals surface area contributed by atoms with Gasteiger partial charge in [-0.15, -0.1) is 0 Å². The fraction of sp³-hybridized carbons (Fsp3) is 0.138. The minimum Gasteiger partial charge on any atom is -0.301 e. The minimum atomic E-state index is -0.300. The Morgan fingerprint density at radius 3 is 2.54 bits per heavy atom. The van der Waals surface area contributed by atoms with E-state index in [0.717, 1.165) is 32.6 Å². The Hall–Kier alpha value is -4.02. The van der Waals surface area contributed by atoms with Crippen molar-refractivity contribution in [2.75, 3.05) is 5.75 Å². The summed E-state index contributed by atoms with van der Waals surface area (Å²) in [5.41, 5.74) is 4.94. The number of rotatable bonds is 6. The number of H-pyrrole nitrogens is 1. The number of aromatic amines is 1. The molecule has 1 aliphatic heterocycles. The van der Waals surface area contributed by atoms with Gasteiger partial charge in [-0.2, -0.15) is 10.2 Å². The van der Waals surface area contributed by atoms with Crippen LogP contribution in [0.15, 0.2) is 105 Å². The standard InChI is InChI=1S/C29H23BrN6O2S/c1-18-7-9-20(10-8-18)25-15-24(19-11-13-21(30)14-12-19)34-36(25)26(37)17-39-29-32-27-23(28(38)33-29)16-31-35(27)22-5-3-2-4-6-22/h2-14,16,25H,15,17H2,1H3,(H,32,33,38)/t25-/m0/s1. The fourth-order valence-electron chi connectivity index (χ4n) is 4.53. The number of nitrogens with zero attached hydrogens (tertiary/aromatic N) is 5. The van der Waals surface area contributed by atoms with Crippen LogP contribution in [0.3, 0.4) is 0 Å². The van der Waals surface area contributed by atoms with Gasteiger partial charge in [0.25, 0.3) is 11.5 Å². The second kappa shape index (κ2) is 10.6. The zero-order valence-corrected chi connectivity index (χ0v) is 23.3. The van der Waals surface area contributed by atoms with Gasteiger partial charge in [0.1, 0.15) is 5.39 Å². The Morgan fingerprint density at radius 2 is 1.79 bits per heavy atom. The third-order valence-electron chi connectivity index (χ3n) is 6.55. The highest BCUT2D eigenvalue weighted by molar-refractivity contribution is 9.10. The van der Waals surface area contributed by atoms with Gasteiger partial charge in [-0.1, -0.05) is 87.9 Å². The van der Waals surface area contributed by atoms with Crippen molar-refractivity contribution < 1.29 is 4.79 Å². The molecule has 10 heteroatoms. The van der Waals surface area contributed by atoms with Gasteiger partial charge in [-0.3, -0.25) is 9.59 Å². The van der Waals surface area contributed by atoms with E-state index in [1.165, 1.54) is 18.0 Å². The van der Waals surface area contributed by atoms with Crippen molar-refractivity contribution in [1.82, 2.24) is 24.8 Å². The van der Waals surface area contributed by atoms with Gasteiger partial charge < -0.3 is 4.98 Å². The summed E-state index contributed by atoms with van der Waals surface area (Å²) in [6, 6.07) is 25.4. The number of hydrazone groups is 1. The van der Waals surface area contributed by atoms with Crippen LogP contribution >= 0.6 is 27.7 Å². The molecular weight excluding hydrogens is 576 g/mol. The second-order valence-electron chi connectivity index (χ2n) is 9.21. The summed E-state index contributed by atoms with van der Waals surface area (Å²) in [7, 11) is 0. The molecule has 0 fully saturated rings. The zero-order valence-electron chi connectivity index (χ0n) is 20.9. The molecule has 0 radical (unpaired) electrons. The van der Waals surface area contributed by atoms with Crippen LogP contribution in [0.5, 0.6) is 0 Å². The average Bonchev–Trinajstić information content (AvgIpc) is 3.59. The SMILES string of the molecule is Cc1ccc([C@@H]2CC(c3ccc(Br)cc3)=NN2C(=O)CSc2nc3c(cnn3-c3ccccc3)c(=O)[nH]2)cc1. The normalized spacial score (nSPS) is 15.1. The molecule has 3 heterocycles. The molecule has 194 valence electrons. The van der Waals surface area contributed by atoms with Gasteiger partial charge in [0, 0.05) is 10.9 Å². The highest BCUT2D eigenvalue weighted by Crippen LogP contribution is 2.34. The summed E-state index contributed by atoms with van der Waals surface area (Å²) in [4.78, 5) is 33.7. The molecule has 2 aromatic heterocycles. The molecule has 1 N–H and O–H groups in total. The van der Waals surface area contributed by atoms with Crippen molar-refractivity contribution in [2.45, 2.75) is 24.5 Å². The molecule has 0 spiro atoms. The topological polar surface area (TPSA) is 96.2 Å². The maximum Gasteiger partial charge on any atom is 0.262 e. The number of para-hydroxylation sites is 1. The summed E-state index contributed by atoms with van der Waals surface area (Å²) in [6.45, 7) is 2.04. The second-order valence-corrected chi connectivity index (χ2v) is 11.1. The predicted octanol–water partition coefficient (Wildman–Crippen LogP) is 5.65. The van der Waals surface area contributed by atoms with E-state index in [2.05, 4.69) is 31.0 Å². The first-order valence-electron chi connectivity index (χ1n) is 12.3. The van der Waals surface area contributed by atoms with E-state index in [1.807, 2.05) is 85.8 Å². The molecule has 1 aliphatic rings. The quantitative estimate of drug-likeness (QED) is 0.201. The number of amides is 1. The summed E-state index contributed by atoms with van der Waals surface area (Å²) < 4.78 is 2.61. The fourth-order valence-corrected chi connectivity index (χ4v) is 5.50. The molecular formula is C29H23BrN6O2S. The minimum absolute atomic E-state index is 0.0629. The van der Waals surface area contributed by atoms with E-state index in [0.29, 0.717) is 22.6 Å². The Bertz CT molecular complexity index is 1750. The third kappa shape index (κ3) is 5.17. The van der Waals surface area contributed by atoms with E-state index < -0.39 is 0 Å². The molecule has 5 aromatic rings. The van der Waals surface area contributed by atoms with Crippen molar-refractivity contribution in [3.63, 3.8) is 0 Å². The number of aromatic nitrogens is 4. The van der Waals surface area contributed by atoms with E-state index in [1.54, 1.807) is 9.69 Å². The van der Waals surface area contributed by atoms with Gasteiger partial charge in [-0.05, 0) is 42.3 Å². The van der Waals surface area contributed by atoms with E-state index in [-0.39, 0.29) is 23.3 Å². The lowest BCUT2D eigenvalue weighted by Crippen LogP contribution is -2.28. The number of aryl methyl sites for hydroxylation is 1. The molecule has 39 heavy (non-hydrogen) atoms. The van der Waals surface area contributed by atoms with Crippen LogP contribution in [0.4, 0.5) is 0 Å². The van der Waals surface area contributed by atoms with Crippen molar-refractivity contribution in [3.8, 4) is 5.69 Å². The third-order valence-corrected chi connectivity index (χ3v) is 7.94. The van der Waals surface area contributed by atoms with Crippen molar-refractivity contribution in [3.05, 3.63) is 117 Å². The lowest BCUT2D eigenvalue weighted by atomic mass is 9.98. The number of carbonyl (C=O) groups is 1. The zero-order chi connectivity index (χ0) is 26.9. The Kier molecular flexibility index (Phi) is 6.88. The summed E-state index contributed by atoms with van der Waals surface area (Å²) >= 11 is 4.65. The van der Waals surface area contributed by atoms with E-state index in [9.17, 15) is 9.59 Å². The number of thioether (sulfide) groups is 1. The predicted molar refractivity (Wildman–Crippen MR) is 156 cm³/mol. The van der Waals surface area contributed by atoms with Crippen LogP contribution in [0.25, 0.3) is 16.7 Å². The first-order valence-corrected chi connectivity index (χ1v) is 14.1. The van der Waals surface area contributed by atoms with Crippen molar-refractivity contribution >= 4 is 50.3 Å². The average molecular weight is 600 g/mol. The molecule has 0 unspecified atom stereocenters. The van der Waals surface area contributed by atoms with Gasteiger partial charge in [0.15, 0.2) is 10.8 Å². The number of hydrogen-bond acceptors (Lipinski definition) is 6. The molecule has 0 saturated heterocycles. The van der Waals surface area contributed by atoms with Crippen LogP contribution in [0.1, 0.15) is 29.2 Å². The van der Waals surface area contributed by atoms with E-state index >= 15 is 0 Å². The molecule has 0 aliphatic carbocycles. The Balaban J connectivity index is 1.27. The van der Waals surface area contributed by atoms with Gasteiger partial charge in [0.05, 0.1) is 29.4 Å². The van der Waals surface area contributed by atoms with Gasteiger partial charge in [-0.25, -0.2) is 14.7 Å². The molecule has 1 amide bonds. The Morgan fingerprint density at radius 1 is 1.05 bits per heavy atom. The molecule has 3 aromatic carbocycles.